The smallest absolute Gasteiger partial charge is 0.307 e. The van der Waals surface area contributed by atoms with Crippen LogP contribution in [0.15, 0.2) is 42.5 Å². The number of carbonyl (C=O) groups is 2. The normalized spacial score (nSPS) is 13.8. The standard InChI is InChI=1S/C17H18O3S/c1-11(16(17(19)20)10-21-12(2)18)14-9-5-7-13-6-3-4-8-15(13)14/h3-9,11,16H,10H2,1-2H3,(H,19,20). The van der Waals surface area contributed by atoms with Gasteiger partial charge in [-0.3, -0.25) is 9.59 Å². The number of rotatable bonds is 5. The predicted octanol–water partition coefficient (Wildman–Crippen LogP) is 3.92. The number of benzene rings is 2. The second-order valence-corrected chi connectivity index (χ2v) is 6.30. The Morgan fingerprint density at radius 3 is 2.48 bits per heavy atom. The van der Waals surface area contributed by atoms with Gasteiger partial charge in [-0.25, -0.2) is 0 Å². The first-order valence-electron chi connectivity index (χ1n) is 6.84. The lowest BCUT2D eigenvalue weighted by molar-refractivity contribution is -0.141. The summed E-state index contributed by atoms with van der Waals surface area (Å²) in [5.41, 5.74) is 1.02. The van der Waals surface area contributed by atoms with E-state index in [-0.39, 0.29) is 11.0 Å². The molecule has 0 spiro atoms. The zero-order chi connectivity index (χ0) is 15.4. The lowest BCUT2D eigenvalue weighted by Crippen LogP contribution is -2.23. The second kappa shape index (κ2) is 6.76. The third kappa shape index (κ3) is 3.64. The number of hydrogen-bond acceptors (Lipinski definition) is 3. The van der Waals surface area contributed by atoms with Crippen LogP contribution in [0.25, 0.3) is 10.8 Å². The molecule has 0 aliphatic heterocycles. The van der Waals surface area contributed by atoms with Crippen molar-refractivity contribution in [2.24, 2.45) is 5.92 Å². The number of carbonyl (C=O) groups excluding carboxylic acids is 1. The van der Waals surface area contributed by atoms with Gasteiger partial charge in [0.1, 0.15) is 0 Å². The number of carboxylic acids is 1. The molecule has 2 atom stereocenters. The molecule has 2 aromatic rings. The average molecular weight is 302 g/mol. The van der Waals surface area contributed by atoms with Gasteiger partial charge in [0.05, 0.1) is 5.92 Å². The largest absolute Gasteiger partial charge is 0.481 e. The van der Waals surface area contributed by atoms with Crippen molar-refractivity contribution in [1.82, 2.24) is 0 Å². The molecule has 3 nitrogen and oxygen atoms in total. The molecule has 0 heterocycles. The zero-order valence-corrected chi connectivity index (χ0v) is 12.9. The summed E-state index contributed by atoms with van der Waals surface area (Å²) in [4.78, 5) is 22.7. The highest BCUT2D eigenvalue weighted by Crippen LogP contribution is 2.32. The van der Waals surface area contributed by atoms with Crippen molar-refractivity contribution >= 4 is 33.6 Å². The van der Waals surface area contributed by atoms with E-state index in [2.05, 4.69) is 0 Å². The molecule has 110 valence electrons. The molecule has 0 aliphatic carbocycles. The van der Waals surface area contributed by atoms with Gasteiger partial charge in [-0.05, 0) is 22.3 Å². The van der Waals surface area contributed by atoms with Crippen molar-refractivity contribution in [3.05, 3.63) is 48.0 Å². The van der Waals surface area contributed by atoms with Crippen molar-refractivity contribution in [2.75, 3.05) is 5.75 Å². The number of aliphatic carboxylic acids is 1. The Morgan fingerprint density at radius 1 is 1.14 bits per heavy atom. The van der Waals surface area contributed by atoms with E-state index in [1.807, 2.05) is 49.4 Å². The van der Waals surface area contributed by atoms with Crippen LogP contribution < -0.4 is 0 Å². The number of fused-ring (bicyclic) bond motifs is 1. The number of hydrogen-bond donors (Lipinski definition) is 1. The van der Waals surface area contributed by atoms with E-state index in [0.29, 0.717) is 5.75 Å². The van der Waals surface area contributed by atoms with Crippen molar-refractivity contribution < 1.29 is 14.7 Å². The Labute approximate surface area is 128 Å². The molecule has 0 saturated carbocycles. The van der Waals surface area contributed by atoms with Crippen LogP contribution in [0.2, 0.25) is 0 Å². The molecule has 2 unspecified atom stereocenters. The van der Waals surface area contributed by atoms with E-state index in [0.717, 1.165) is 28.1 Å². The van der Waals surface area contributed by atoms with Crippen LogP contribution in [0.4, 0.5) is 0 Å². The highest BCUT2D eigenvalue weighted by molar-refractivity contribution is 8.13. The third-order valence-corrected chi connectivity index (χ3v) is 4.63. The van der Waals surface area contributed by atoms with Crippen LogP contribution in [-0.4, -0.2) is 21.9 Å². The first kappa shape index (κ1) is 15.6. The molecule has 0 radical (unpaired) electrons. The minimum absolute atomic E-state index is 0.0497. The number of carboxylic acid groups (broad SMARTS) is 1. The van der Waals surface area contributed by atoms with Crippen LogP contribution in [0.1, 0.15) is 25.3 Å². The first-order chi connectivity index (χ1) is 10.0. The summed E-state index contributed by atoms with van der Waals surface area (Å²) >= 11 is 1.08. The molecule has 0 amide bonds. The average Bonchev–Trinajstić information content (AvgIpc) is 2.46. The number of thioether (sulfide) groups is 1. The summed E-state index contributed by atoms with van der Waals surface area (Å²) in [5, 5.41) is 11.6. The van der Waals surface area contributed by atoms with Gasteiger partial charge in [0.15, 0.2) is 5.12 Å². The lowest BCUT2D eigenvalue weighted by atomic mass is 9.86. The van der Waals surface area contributed by atoms with Gasteiger partial charge in [0.2, 0.25) is 0 Å². The van der Waals surface area contributed by atoms with Crippen LogP contribution in [0, 0.1) is 5.92 Å². The minimum atomic E-state index is -0.857. The quantitative estimate of drug-likeness (QED) is 0.909. The molecule has 0 aliphatic rings. The molecule has 0 bridgehead atoms. The van der Waals surface area contributed by atoms with E-state index in [4.69, 9.17) is 0 Å². The van der Waals surface area contributed by atoms with Gasteiger partial charge < -0.3 is 5.11 Å². The Hall–Kier alpha value is -1.81. The van der Waals surface area contributed by atoms with E-state index >= 15 is 0 Å². The SMILES string of the molecule is CC(=O)SCC(C(=O)O)C(C)c1cccc2ccccc12. The maximum Gasteiger partial charge on any atom is 0.307 e. The molecule has 21 heavy (non-hydrogen) atoms. The maximum absolute atomic E-state index is 11.5. The van der Waals surface area contributed by atoms with Crippen molar-refractivity contribution in [3.63, 3.8) is 0 Å². The third-order valence-electron chi connectivity index (χ3n) is 3.70. The van der Waals surface area contributed by atoms with Gasteiger partial charge >= 0.3 is 5.97 Å². The summed E-state index contributed by atoms with van der Waals surface area (Å²) in [6, 6.07) is 13.9. The lowest BCUT2D eigenvalue weighted by Gasteiger charge is -2.21. The summed E-state index contributed by atoms with van der Waals surface area (Å²) in [7, 11) is 0. The molecule has 2 aromatic carbocycles. The van der Waals surface area contributed by atoms with Crippen LogP contribution in [0.5, 0.6) is 0 Å². The van der Waals surface area contributed by atoms with Gasteiger partial charge in [-0.2, -0.15) is 0 Å². The van der Waals surface area contributed by atoms with E-state index < -0.39 is 11.9 Å². The van der Waals surface area contributed by atoms with Gasteiger partial charge in [0, 0.05) is 12.7 Å². The van der Waals surface area contributed by atoms with Gasteiger partial charge in [-0.15, -0.1) is 0 Å². The van der Waals surface area contributed by atoms with Crippen LogP contribution >= 0.6 is 11.8 Å². The first-order valence-corrected chi connectivity index (χ1v) is 7.83. The summed E-state index contributed by atoms with van der Waals surface area (Å²) in [6.45, 7) is 3.38. The maximum atomic E-state index is 11.5. The zero-order valence-electron chi connectivity index (χ0n) is 12.1. The monoisotopic (exact) mass is 302 g/mol. The molecule has 0 fully saturated rings. The Morgan fingerprint density at radius 2 is 1.81 bits per heavy atom. The minimum Gasteiger partial charge on any atom is -0.481 e. The Balaban J connectivity index is 2.36. The molecule has 1 N–H and O–H groups in total. The predicted molar refractivity (Wildman–Crippen MR) is 86.6 cm³/mol. The van der Waals surface area contributed by atoms with Crippen molar-refractivity contribution in [2.45, 2.75) is 19.8 Å². The second-order valence-electron chi connectivity index (χ2n) is 5.10. The van der Waals surface area contributed by atoms with Gasteiger partial charge in [0.25, 0.3) is 0 Å². The molecule has 0 saturated heterocycles. The summed E-state index contributed by atoms with van der Waals surface area (Å²) in [6.07, 6.45) is 0. The summed E-state index contributed by atoms with van der Waals surface area (Å²) < 4.78 is 0. The molecule has 4 heteroatoms. The van der Waals surface area contributed by atoms with Crippen LogP contribution in [-0.2, 0) is 9.59 Å². The van der Waals surface area contributed by atoms with Crippen molar-refractivity contribution in [1.29, 1.82) is 0 Å². The van der Waals surface area contributed by atoms with Gasteiger partial charge in [-0.1, -0.05) is 61.2 Å². The summed E-state index contributed by atoms with van der Waals surface area (Å²) in [5.74, 6) is -1.29. The van der Waals surface area contributed by atoms with E-state index in [9.17, 15) is 14.7 Å². The molecular weight excluding hydrogens is 284 g/mol. The fourth-order valence-corrected chi connectivity index (χ4v) is 3.35. The van der Waals surface area contributed by atoms with Crippen LogP contribution in [0.3, 0.4) is 0 Å². The fourth-order valence-electron chi connectivity index (χ4n) is 2.50. The highest BCUT2D eigenvalue weighted by Gasteiger charge is 2.27. The fraction of sp³-hybridized carbons (Fsp3) is 0.294. The van der Waals surface area contributed by atoms with E-state index in [1.165, 1.54) is 6.92 Å². The molecule has 0 aromatic heterocycles. The van der Waals surface area contributed by atoms with E-state index in [1.54, 1.807) is 0 Å². The van der Waals surface area contributed by atoms with Crippen molar-refractivity contribution in [3.8, 4) is 0 Å². The Bertz CT molecular complexity index is 661. The molecule has 2 rings (SSSR count). The molecular formula is C17H18O3S. The Kier molecular flexibility index (Phi) is 5.02. The topological polar surface area (TPSA) is 54.4 Å². The highest BCUT2D eigenvalue weighted by atomic mass is 32.2.